The molecule has 1 N–H and O–H groups in total. The van der Waals surface area contributed by atoms with E-state index in [0.29, 0.717) is 39.9 Å². The first-order chi connectivity index (χ1) is 22.0. The molecule has 1 saturated carbocycles. The van der Waals surface area contributed by atoms with Gasteiger partial charge in [-0.05, 0) is 87.0 Å². The molecular formula is C33H29Cl2F3N6O2. The predicted octanol–water partition coefficient (Wildman–Crippen LogP) is 8.06. The van der Waals surface area contributed by atoms with Gasteiger partial charge in [0.1, 0.15) is 0 Å². The summed E-state index contributed by atoms with van der Waals surface area (Å²) in [5.74, 6) is -0.617. The minimum atomic E-state index is -4.63. The molecular weight excluding hydrogens is 640 g/mol. The smallest absolute Gasteiger partial charge is 0.444 e. The van der Waals surface area contributed by atoms with Gasteiger partial charge in [-0.3, -0.25) is 9.88 Å². The van der Waals surface area contributed by atoms with E-state index < -0.39 is 23.2 Å². The van der Waals surface area contributed by atoms with E-state index in [1.54, 1.807) is 18.2 Å². The molecule has 7 rings (SSSR count). The molecule has 1 aliphatic carbocycles. The van der Waals surface area contributed by atoms with E-state index in [-0.39, 0.29) is 11.7 Å². The van der Waals surface area contributed by atoms with Crippen LogP contribution in [0.25, 0.3) is 11.4 Å². The number of fused-ring (bicyclic) bond motifs is 1. The Hall–Kier alpha value is -3.85. The number of pyridine rings is 1. The number of para-hydroxylation sites is 1. The number of aromatic amines is 1. The Bertz CT molecular complexity index is 1850. The maximum Gasteiger partial charge on any atom is 0.451 e. The van der Waals surface area contributed by atoms with Gasteiger partial charge in [-0.1, -0.05) is 35.3 Å². The van der Waals surface area contributed by atoms with Gasteiger partial charge in [0.2, 0.25) is 5.82 Å². The van der Waals surface area contributed by atoms with Gasteiger partial charge in [-0.15, -0.1) is 10.2 Å². The van der Waals surface area contributed by atoms with Crippen LogP contribution in [0, 0.1) is 16.7 Å². The minimum absolute atomic E-state index is 0.00809. The van der Waals surface area contributed by atoms with Crippen molar-refractivity contribution < 1.29 is 22.6 Å². The highest BCUT2D eigenvalue weighted by atomic mass is 35.5. The van der Waals surface area contributed by atoms with Gasteiger partial charge in [-0.2, -0.15) is 18.4 Å². The van der Waals surface area contributed by atoms with E-state index in [2.05, 4.69) is 37.2 Å². The van der Waals surface area contributed by atoms with Crippen LogP contribution in [0.1, 0.15) is 66.7 Å². The molecule has 0 amide bonds. The third-order valence-corrected chi connectivity index (χ3v) is 9.69. The second kappa shape index (κ2) is 11.4. The fourth-order valence-corrected chi connectivity index (χ4v) is 6.96. The quantitative estimate of drug-likeness (QED) is 0.213. The number of ether oxygens (including phenoxy) is 2. The molecule has 4 heterocycles. The zero-order valence-corrected chi connectivity index (χ0v) is 26.3. The number of aromatic nitrogens is 4. The molecule has 4 aromatic rings. The summed E-state index contributed by atoms with van der Waals surface area (Å²) in [6, 6.07) is 15.4. The SMILES string of the molecule is CC1(c2ccc(Cl)cc2Cl)Oc2cccc(C3CCN(Cc4ncc(-c5nnc(C(F)(F)F)[nH]5)cc4CC4(C#N)CC4)CC3)c2O1. The number of nitrogens with one attached hydrogen (secondary N) is 1. The number of rotatable bonds is 7. The first kappa shape index (κ1) is 30.8. The summed E-state index contributed by atoms with van der Waals surface area (Å²) < 4.78 is 52.1. The summed E-state index contributed by atoms with van der Waals surface area (Å²) in [6.45, 7) is 4.02. The van der Waals surface area contributed by atoms with Crippen molar-refractivity contribution in [3.05, 3.63) is 86.9 Å². The lowest BCUT2D eigenvalue weighted by atomic mass is 9.88. The van der Waals surface area contributed by atoms with E-state index in [4.69, 9.17) is 32.7 Å². The standard InChI is InChI=1S/C33H29Cl2F3N6O2/c1-31(24-6-5-22(34)14-25(24)35)45-27-4-2-3-23(28(27)46-31)19-7-11-44(12-8-19)17-26-20(15-32(18-39)9-10-32)13-21(16-40-26)29-41-30(43-42-29)33(36,37)38/h2-6,13-14,16,19H,7-12,15,17H2,1H3,(H,41,42,43). The number of alkyl halides is 3. The van der Waals surface area contributed by atoms with Gasteiger partial charge in [-0.25, -0.2) is 0 Å². The van der Waals surface area contributed by atoms with Crippen LogP contribution >= 0.6 is 23.2 Å². The molecule has 0 bridgehead atoms. The Kier molecular flexibility index (Phi) is 7.66. The second-order valence-corrected chi connectivity index (χ2v) is 13.3. The van der Waals surface area contributed by atoms with E-state index in [0.717, 1.165) is 61.3 Å². The molecule has 238 valence electrons. The molecule has 2 aromatic heterocycles. The molecule has 2 aromatic carbocycles. The van der Waals surface area contributed by atoms with E-state index in [1.807, 2.05) is 25.1 Å². The fraction of sp³-hybridized carbons (Fsp3) is 0.394. The molecule has 0 radical (unpaired) electrons. The van der Waals surface area contributed by atoms with Gasteiger partial charge in [0.25, 0.3) is 5.79 Å². The summed E-state index contributed by atoms with van der Waals surface area (Å²) in [7, 11) is 0. The van der Waals surface area contributed by atoms with Crippen molar-refractivity contribution in [3.8, 4) is 29.0 Å². The first-order valence-electron chi connectivity index (χ1n) is 15.0. The van der Waals surface area contributed by atoms with Crippen molar-refractivity contribution in [2.45, 2.75) is 63.5 Å². The van der Waals surface area contributed by atoms with Crippen molar-refractivity contribution in [1.82, 2.24) is 25.1 Å². The summed E-state index contributed by atoms with van der Waals surface area (Å²) >= 11 is 12.6. The summed E-state index contributed by atoms with van der Waals surface area (Å²) in [5, 5.41) is 17.7. The molecule has 13 heteroatoms. The molecule has 0 spiro atoms. The number of piperidine rings is 1. The van der Waals surface area contributed by atoms with Crippen LogP contribution in [0.5, 0.6) is 11.5 Å². The van der Waals surface area contributed by atoms with Crippen molar-refractivity contribution in [1.29, 1.82) is 5.26 Å². The van der Waals surface area contributed by atoms with E-state index >= 15 is 0 Å². The highest BCUT2D eigenvalue weighted by Crippen LogP contribution is 2.51. The number of benzene rings is 2. The van der Waals surface area contributed by atoms with Gasteiger partial charge in [0.15, 0.2) is 17.3 Å². The lowest BCUT2D eigenvalue weighted by Crippen LogP contribution is -2.34. The van der Waals surface area contributed by atoms with Crippen LogP contribution in [-0.4, -0.2) is 38.2 Å². The van der Waals surface area contributed by atoms with E-state index in [9.17, 15) is 18.4 Å². The van der Waals surface area contributed by atoms with Crippen molar-refractivity contribution >= 4 is 23.2 Å². The minimum Gasteiger partial charge on any atom is -0.444 e. The van der Waals surface area contributed by atoms with Gasteiger partial charge < -0.3 is 14.5 Å². The Labute approximate surface area is 273 Å². The number of hydrogen-bond donors (Lipinski definition) is 1. The molecule has 2 fully saturated rings. The maximum atomic E-state index is 13.1. The number of hydrogen-bond acceptors (Lipinski definition) is 7. The van der Waals surface area contributed by atoms with Gasteiger partial charge in [0, 0.05) is 35.8 Å². The topological polar surface area (TPSA) is 100.0 Å². The third kappa shape index (κ3) is 5.90. The Morgan fingerprint density at radius 3 is 2.54 bits per heavy atom. The van der Waals surface area contributed by atoms with Crippen molar-refractivity contribution in [2.24, 2.45) is 5.41 Å². The van der Waals surface area contributed by atoms with Crippen LogP contribution in [0.15, 0.2) is 48.7 Å². The van der Waals surface area contributed by atoms with Crippen molar-refractivity contribution in [2.75, 3.05) is 13.1 Å². The monoisotopic (exact) mass is 668 g/mol. The van der Waals surface area contributed by atoms with Crippen molar-refractivity contribution in [3.63, 3.8) is 0 Å². The number of H-pyrrole nitrogens is 1. The highest BCUT2D eigenvalue weighted by Gasteiger charge is 2.44. The Balaban J connectivity index is 1.07. The molecule has 3 aliphatic rings. The van der Waals surface area contributed by atoms with Crippen LogP contribution in [0.4, 0.5) is 13.2 Å². The highest BCUT2D eigenvalue weighted by molar-refractivity contribution is 6.35. The molecule has 8 nitrogen and oxygen atoms in total. The average Bonchev–Trinajstić information content (AvgIpc) is 3.42. The number of nitrogens with zero attached hydrogens (tertiary/aromatic N) is 5. The average molecular weight is 670 g/mol. The largest absolute Gasteiger partial charge is 0.451 e. The van der Waals surface area contributed by atoms with Crippen LogP contribution < -0.4 is 9.47 Å². The first-order valence-corrected chi connectivity index (χ1v) is 15.8. The lowest BCUT2D eigenvalue weighted by Gasteiger charge is -2.33. The molecule has 46 heavy (non-hydrogen) atoms. The van der Waals surface area contributed by atoms with E-state index in [1.165, 1.54) is 6.20 Å². The van der Waals surface area contributed by atoms with Gasteiger partial charge in [0.05, 0.1) is 27.8 Å². The zero-order valence-electron chi connectivity index (χ0n) is 24.8. The Morgan fingerprint density at radius 2 is 1.87 bits per heavy atom. The lowest BCUT2D eigenvalue weighted by molar-refractivity contribution is -0.144. The van der Waals surface area contributed by atoms with Crippen LogP contribution in [0.3, 0.4) is 0 Å². The zero-order chi connectivity index (χ0) is 32.3. The maximum absolute atomic E-state index is 13.1. The second-order valence-electron chi connectivity index (χ2n) is 12.4. The summed E-state index contributed by atoms with van der Waals surface area (Å²) in [5.41, 5.74) is 3.38. The van der Waals surface area contributed by atoms with Gasteiger partial charge >= 0.3 is 6.18 Å². The number of likely N-dealkylation sites (tertiary alicyclic amines) is 1. The number of nitriles is 1. The molecule has 1 saturated heterocycles. The third-order valence-electron chi connectivity index (χ3n) is 9.14. The predicted molar refractivity (Wildman–Crippen MR) is 164 cm³/mol. The van der Waals surface area contributed by atoms with Crippen LogP contribution in [0.2, 0.25) is 10.0 Å². The Morgan fingerprint density at radius 1 is 1.09 bits per heavy atom. The fourth-order valence-electron chi connectivity index (χ4n) is 6.38. The summed E-state index contributed by atoms with van der Waals surface area (Å²) in [6.07, 6.45) is 0.714. The molecule has 1 atom stereocenters. The number of halogens is 5. The van der Waals surface area contributed by atoms with Crippen LogP contribution in [-0.2, 0) is 24.9 Å². The molecule has 2 aliphatic heterocycles. The normalized spacial score (nSPS) is 20.9. The summed E-state index contributed by atoms with van der Waals surface area (Å²) in [4.78, 5) is 9.25. The molecule has 1 unspecified atom stereocenters.